The second kappa shape index (κ2) is 5.24. The van der Waals surface area contributed by atoms with E-state index >= 15 is 0 Å². The first-order chi connectivity index (χ1) is 8.59. The Morgan fingerprint density at radius 1 is 1.50 bits per heavy atom. The van der Waals surface area contributed by atoms with Gasteiger partial charge in [-0.3, -0.25) is 9.89 Å². The van der Waals surface area contributed by atoms with Crippen LogP contribution in [0.25, 0.3) is 0 Å². The number of nitrogens with zero attached hydrogens (tertiary/aromatic N) is 3. The Balaban J connectivity index is 2.48. The quantitative estimate of drug-likeness (QED) is 0.677. The van der Waals surface area contributed by atoms with Crippen molar-refractivity contribution in [3.8, 4) is 0 Å². The second-order valence-corrected chi connectivity index (χ2v) is 4.29. The molecule has 0 saturated carbocycles. The summed E-state index contributed by atoms with van der Waals surface area (Å²) in [5.74, 6) is 0. The van der Waals surface area contributed by atoms with Gasteiger partial charge in [0.2, 0.25) is 4.77 Å². The zero-order valence-corrected chi connectivity index (χ0v) is 11.0. The molecule has 0 aliphatic carbocycles. The van der Waals surface area contributed by atoms with Crippen molar-refractivity contribution < 1.29 is 0 Å². The van der Waals surface area contributed by atoms with Crippen molar-refractivity contribution in [3.05, 3.63) is 55.7 Å². The molecule has 0 aliphatic rings. The van der Waals surface area contributed by atoms with Gasteiger partial charge in [0.05, 0.1) is 6.21 Å². The number of hydrogen-bond donors (Lipinski definition) is 1. The molecule has 1 N–H and O–H groups in total. The van der Waals surface area contributed by atoms with E-state index in [1.165, 1.54) is 6.21 Å². The Kier molecular flexibility index (Phi) is 3.69. The van der Waals surface area contributed by atoms with Crippen molar-refractivity contribution in [1.82, 2.24) is 14.9 Å². The van der Waals surface area contributed by atoms with Gasteiger partial charge in [-0.2, -0.15) is 14.9 Å². The summed E-state index contributed by atoms with van der Waals surface area (Å²) >= 11 is 10.9. The third kappa shape index (κ3) is 2.55. The number of aromatic nitrogens is 3. The van der Waals surface area contributed by atoms with E-state index in [4.69, 9.17) is 23.8 Å². The van der Waals surface area contributed by atoms with Gasteiger partial charge in [0.15, 0.2) is 0 Å². The largest absolute Gasteiger partial charge is 0.296 e. The van der Waals surface area contributed by atoms with E-state index in [-0.39, 0.29) is 10.3 Å². The highest BCUT2D eigenvalue weighted by atomic mass is 35.5. The molecule has 0 aliphatic heterocycles. The van der Waals surface area contributed by atoms with Crippen LogP contribution < -0.4 is 5.56 Å². The molecule has 0 fully saturated rings. The van der Waals surface area contributed by atoms with E-state index in [0.717, 1.165) is 4.68 Å². The molecule has 1 aromatic heterocycles. The van der Waals surface area contributed by atoms with E-state index in [9.17, 15) is 4.79 Å². The maximum Gasteiger partial charge on any atom is 0.296 e. The maximum absolute atomic E-state index is 11.8. The summed E-state index contributed by atoms with van der Waals surface area (Å²) in [6.45, 7) is 1.58. The van der Waals surface area contributed by atoms with Gasteiger partial charge in [-0.15, -0.1) is 0 Å². The Morgan fingerprint density at radius 3 is 2.94 bits per heavy atom. The summed E-state index contributed by atoms with van der Waals surface area (Å²) in [6.07, 6.45) is 1.48. The molecule has 0 radical (unpaired) electrons. The van der Waals surface area contributed by atoms with E-state index in [1.54, 1.807) is 19.1 Å². The topological polar surface area (TPSA) is 63.0 Å². The lowest BCUT2D eigenvalue weighted by atomic mass is 10.2. The van der Waals surface area contributed by atoms with Crippen LogP contribution in [0.4, 0.5) is 0 Å². The SMILES string of the molecule is Cc1n[nH]c(=S)n(/N=C/c2ccccc2Cl)c1=O. The summed E-state index contributed by atoms with van der Waals surface area (Å²) in [6, 6.07) is 7.17. The molecule has 0 bridgehead atoms. The molecule has 1 heterocycles. The van der Waals surface area contributed by atoms with Crippen molar-refractivity contribution in [2.75, 3.05) is 0 Å². The van der Waals surface area contributed by atoms with Gasteiger partial charge in [-0.1, -0.05) is 29.8 Å². The fourth-order valence-electron chi connectivity index (χ4n) is 1.28. The van der Waals surface area contributed by atoms with Crippen molar-refractivity contribution in [2.24, 2.45) is 5.10 Å². The van der Waals surface area contributed by atoms with Gasteiger partial charge >= 0.3 is 0 Å². The summed E-state index contributed by atoms with van der Waals surface area (Å²) < 4.78 is 1.20. The Labute approximate surface area is 113 Å². The van der Waals surface area contributed by atoms with Crippen LogP contribution in [0.2, 0.25) is 5.02 Å². The lowest BCUT2D eigenvalue weighted by Crippen LogP contribution is -2.22. The zero-order chi connectivity index (χ0) is 13.1. The standard InChI is InChI=1S/C11H9ClN4OS/c1-7-10(17)16(11(18)15-14-7)13-6-8-4-2-3-5-9(8)12/h2-6H,1H3,(H,15,18)/b13-6+. The highest BCUT2D eigenvalue weighted by Gasteiger charge is 2.01. The molecule has 7 heteroatoms. The van der Waals surface area contributed by atoms with Crippen molar-refractivity contribution >= 4 is 30.0 Å². The number of aromatic amines is 1. The van der Waals surface area contributed by atoms with E-state index in [2.05, 4.69) is 15.3 Å². The molecule has 0 atom stereocenters. The van der Waals surface area contributed by atoms with E-state index in [1.807, 2.05) is 12.1 Å². The first-order valence-electron chi connectivity index (χ1n) is 5.07. The predicted molar refractivity (Wildman–Crippen MR) is 72.9 cm³/mol. The van der Waals surface area contributed by atoms with Crippen LogP contribution in [0.1, 0.15) is 11.3 Å². The lowest BCUT2D eigenvalue weighted by Gasteiger charge is -1.99. The zero-order valence-electron chi connectivity index (χ0n) is 9.42. The minimum Gasteiger partial charge on any atom is -0.265 e. The van der Waals surface area contributed by atoms with Crippen molar-refractivity contribution in [2.45, 2.75) is 6.92 Å². The smallest absolute Gasteiger partial charge is 0.265 e. The molecule has 0 amide bonds. The van der Waals surface area contributed by atoms with Crippen LogP contribution in [-0.2, 0) is 0 Å². The van der Waals surface area contributed by atoms with Gasteiger partial charge in [0, 0.05) is 10.6 Å². The number of rotatable bonds is 2. The number of H-pyrrole nitrogens is 1. The van der Waals surface area contributed by atoms with Crippen molar-refractivity contribution in [1.29, 1.82) is 0 Å². The minimum atomic E-state index is -0.359. The minimum absolute atomic E-state index is 0.133. The number of nitrogens with one attached hydrogen (secondary N) is 1. The molecule has 2 rings (SSSR count). The summed E-state index contributed by atoms with van der Waals surface area (Å²) in [5.41, 5.74) is 0.636. The predicted octanol–water partition coefficient (Wildman–Crippen LogP) is 2.14. The summed E-state index contributed by atoms with van der Waals surface area (Å²) in [5, 5.41) is 10.9. The average Bonchev–Trinajstić information content (AvgIpc) is 2.36. The summed E-state index contributed by atoms with van der Waals surface area (Å²) in [7, 11) is 0. The number of aryl methyl sites for hydroxylation is 1. The molecule has 92 valence electrons. The van der Waals surface area contributed by atoms with Gasteiger partial charge < -0.3 is 0 Å². The third-order valence-corrected chi connectivity index (χ3v) is 2.84. The molecule has 0 saturated heterocycles. The van der Waals surface area contributed by atoms with Gasteiger partial charge in [-0.05, 0) is 25.2 Å². The number of benzene rings is 1. The van der Waals surface area contributed by atoms with Crippen molar-refractivity contribution in [3.63, 3.8) is 0 Å². The van der Waals surface area contributed by atoms with Crippen LogP contribution in [0, 0.1) is 11.7 Å². The molecule has 0 unspecified atom stereocenters. The van der Waals surface area contributed by atoms with Crippen LogP contribution in [0.15, 0.2) is 34.2 Å². The van der Waals surface area contributed by atoms with Gasteiger partial charge in [0.25, 0.3) is 5.56 Å². The van der Waals surface area contributed by atoms with Gasteiger partial charge in [-0.25, -0.2) is 0 Å². The molecule has 5 nitrogen and oxygen atoms in total. The van der Waals surface area contributed by atoms with E-state index in [0.29, 0.717) is 16.3 Å². The average molecular weight is 281 g/mol. The van der Waals surface area contributed by atoms with Crippen LogP contribution >= 0.6 is 23.8 Å². The monoisotopic (exact) mass is 280 g/mol. The third-order valence-electron chi connectivity index (χ3n) is 2.23. The van der Waals surface area contributed by atoms with E-state index < -0.39 is 0 Å². The molecule has 0 spiro atoms. The summed E-state index contributed by atoms with van der Waals surface area (Å²) in [4.78, 5) is 11.8. The highest BCUT2D eigenvalue weighted by Crippen LogP contribution is 2.12. The lowest BCUT2D eigenvalue weighted by molar-refractivity contribution is 0.720. The number of hydrogen-bond acceptors (Lipinski definition) is 4. The van der Waals surface area contributed by atoms with Gasteiger partial charge in [0.1, 0.15) is 5.69 Å². The molecule has 2 aromatic rings. The van der Waals surface area contributed by atoms with Crippen LogP contribution in [-0.4, -0.2) is 21.1 Å². The first-order valence-corrected chi connectivity index (χ1v) is 5.85. The fraction of sp³-hybridized carbons (Fsp3) is 0.0909. The molecule has 18 heavy (non-hydrogen) atoms. The molecular weight excluding hydrogens is 272 g/mol. The number of halogens is 1. The Hall–Kier alpha value is -1.79. The maximum atomic E-state index is 11.8. The van der Waals surface area contributed by atoms with Crippen LogP contribution in [0.3, 0.4) is 0 Å². The molecule has 1 aromatic carbocycles. The fourth-order valence-corrected chi connectivity index (χ4v) is 1.64. The van der Waals surface area contributed by atoms with Crippen LogP contribution in [0.5, 0.6) is 0 Å². The Morgan fingerprint density at radius 2 is 2.22 bits per heavy atom. The normalized spacial score (nSPS) is 11.0. The highest BCUT2D eigenvalue weighted by molar-refractivity contribution is 7.71. The second-order valence-electron chi connectivity index (χ2n) is 3.50. The molecular formula is C11H9ClN4OS. The Bertz CT molecular complexity index is 719. The first kappa shape index (κ1) is 12.7.